The number of hydrogen-bond donors (Lipinski definition) is 1. The number of carbonyl (C=O) groups excluding carboxylic acids is 1. The first kappa shape index (κ1) is 13.3. The Morgan fingerprint density at radius 1 is 1.53 bits per heavy atom. The zero-order valence-electron chi connectivity index (χ0n) is 10.9. The lowest BCUT2D eigenvalue weighted by atomic mass is 10.1. The molecule has 19 heavy (non-hydrogen) atoms. The lowest BCUT2D eigenvalue weighted by Gasteiger charge is -2.18. The summed E-state index contributed by atoms with van der Waals surface area (Å²) >= 11 is 0. The number of aromatic nitrogens is 2. The molecule has 5 heteroatoms. The Morgan fingerprint density at radius 3 is 2.89 bits per heavy atom. The van der Waals surface area contributed by atoms with E-state index in [1.807, 2.05) is 11.6 Å². The van der Waals surface area contributed by atoms with Crippen LogP contribution in [0.15, 0.2) is 36.7 Å². The summed E-state index contributed by atoms with van der Waals surface area (Å²) in [5, 5.41) is 2.86. The minimum Gasteiger partial charge on any atom is -0.342 e. The Labute approximate surface area is 111 Å². The van der Waals surface area contributed by atoms with Gasteiger partial charge in [0.05, 0.1) is 0 Å². The number of hydrogen-bond acceptors (Lipinski definition) is 2. The first-order valence-corrected chi connectivity index (χ1v) is 6.14. The predicted octanol–water partition coefficient (Wildman–Crippen LogP) is 2.17. The zero-order valence-corrected chi connectivity index (χ0v) is 10.9. The van der Waals surface area contributed by atoms with Gasteiger partial charge in [0.15, 0.2) is 0 Å². The van der Waals surface area contributed by atoms with Crippen molar-refractivity contribution < 1.29 is 9.18 Å². The van der Waals surface area contributed by atoms with Crippen molar-refractivity contribution in [1.82, 2.24) is 14.9 Å². The number of benzene rings is 1. The van der Waals surface area contributed by atoms with Crippen LogP contribution in [0.2, 0.25) is 0 Å². The highest BCUT2D eigenvalue weighted by atomic mass is 19.1. The smallest absolute Gasteiger partial charge is 0.220 e. The van der Waals surface area contributed by atoms with Crippen molar-refractivity contribution in [2.45, 2.75) is 19.4 Å². The van der Waals surface area contributed by atoms with Gasteiger partial charge in [-0.3, -0.25) is 4.79 Å². The average Bonchev–Trinajstić information content (AvgIpc) is 2.81. The Kier molecular flexibility index (Phi) is 3.94. The van der Waals surface area contributed by atoms with Crippen molar-refractivity contribution in [3.05, 3.63) is 53.9 Å². The highest BCUT2D eigenvalue weighted by Gasteiger charge is 2.20. The SMILES string of the molecule is CCC(=O)NC(c1cccc(F)c1)c1nccn1C. The number of rotatable bonds is 4. The van der Waals surface area contributed by atoms with Crippen LogP contribution in [0.1, 0.15) is 30.8 Å². The summed E-state index contributed by atoms with van der Waals surface area (Å²) in [6, 6.07) is 5.75. The minimum atomic E-state index is -0.442. The molecule has 100 valence electrons. The summed E-state index contributed by atoms with van der Waals surface area (Å²) in [6.07, 6.45) is 3.82. The van der Waals surface area contributed by atoms with Crippen LogP contribution in [0.5, 0.6) is 0 Å². The number of imidazole rings is 1. The summed E-state index contributed by atoms with van der Waals surface area (Å²) in [6.45, 7) is 1.77. The van der Waals surface area contributed by atoms with E-state index in [9.17, 15) is 9.18 Å². The van der Waals surface area contributed by atoms with E-state index >= 15 is 0 Å². The molecule has 1 heterocycles. The standard InChI is InChI=1S/C14H16FN3O/c1-3-12(19)17-13(14-16-7-8-18(14)2)10-5-4-6-11(15)9-10/h4-9,13H,3H2,1-2H3,(H,17,19). The fraction of sp³-hybridized carbons (Fsp3) is 0.286. The topological polar surface area (TPSA) is 46.9 Å². The number of carbonyl (C=O) groups is 1. The van der Waals surface area contributed by atoms with E-state index in [-0.39, 0.29) is 11.7 Å². The molecule has 1 aromatic carbocycles. The van der Waals surface area contributed by atoms with Gasteiger partial charge in [0.25, 0.3) is 0 Å². The summed E-state index contributed by atoms with van der Waals surface area (Å²) in [4.78, 5) is 15.9. The van der Waals surface area contributed by atoms with Crippen molar-refractivity contribution in [1.29, 1.82) is 0 Å². The average molecular weight is 261 g/mol. The second-order valence-electron chi connectivity index (χ2n) is 4.31. The summed E-state index contributed by atoms with van der Waals surface area (Å²) in [7, 11) is 1.84. The van der Waals surface area contributed by atoms with Crippen molar-refractivity contribution >= 4 is 5.91 Å². The molecule has 4 nitrogen and oxygen atoms in total. The largest absolute Gasteiger partial charge is 0.342 e. The highest BCUT2D eigenvalue weighted by Crippen LogP contribution is 2.21. The Morgan fingerprint density at radius 2 is 2.32 bits per heavy atom. The molecule has 0 aliphatic rings. The molecule has 0 saturated heterocycles. The number of aryl methyl sites for hydroxylation is 1. The maximum Gasteiger partial charge on any atom is 0.220 e. The van der Waals surface area contributed by atoms with Crippen LogP contribution in [0.25, 0.3) is 0 Å². The number of nitrogens with zero attached hydrogens (tertiary/aromatic N) is 2. The van der Waals surface area contributed by atoms with Gasteiger partial charge in [-0.05, 0) is 17.7 Å². The molecular formula is C14H16FN3O. The quantitative estimate of drug-likeness (QED) is 0.917. The van der Waals surface area contributed by atoms with Gasteiger partial charge in [0.2, 0.25) is 5.91 Å². The fourth-order valence-corrected chi connectivity index (χ4v) is 1.90. The molecule has 0 bridgehead atoms. The molecule has 2 aromatic rings. The Balaban J connectivity index is 2.40. The van der Waals surface area contributed by atoms with Crippen molar-refractivity contribution in [3.8, 4) is 0 Å². The number of nitrogens with one attached hydrogen (secondary N) is 1. The van der Waals surface area contributed by atoms with Gasteiger partial charge >= 0.3 is 0 Å². The van der Waals surface area contributed by atoms with Gasteiger partial charge in [-0.25, -0.2) is 9.37 Å². The van der Waals surface area contributed by atoms with Gasteiger partial charge in [0, 0.05) is 25.9 Å². The fourth-order valence-electron chi connectivity index (χ4n) is 1.90. The van der Waals surface area contributed by atoms with Crippen LogP contribution in [0, 0.1) is 5.82 Å². The molecule has 0 aliphatic carbocycles. The third kappa shape index (κ3) is 2.99. The van der Waals surface area contributed by atoms with Gasteiger partial charge in [0.1, 0.15) is 17.7 Å². The van der Waals surface area contributed by atoms with E-state index in [0.717, 1.165) is 0 Å². The lowest BCUT2D eigenvalue weighted by molar-refractivity contribution is -0.121. The third-order valence-electron chi connectivity index (χ3n) is 2.93. The normalized spacial score (nSPS) is 12.2. The molecule has 1 atom stereocenters. The van der Waals surface area contributed by atoms with Crippen molar-refractivity contribution in [2.24, 2.45) is 7.05 Å². The molecule has 2 rings (SSSR count). The van der Waals surface area contributed by atoms with Crippen molar-refractivity contribution in [2.75, 3.05) is 0 Å². The second kappa shape index (κ2) is 5.65. The van der Waals surface area contributed by atoms with Crippen LogP contribution >= 0.6 is 0 Å². The van der Waals surface area contributed by atoms with Gasteiger partial charge in [-0.15, -0.1) is 0 Å². The molecule has 1 amide bonds. The lowest BCUT2D eigenvalue weighted by Crippen LogP contribution is -2.30. The summed E-state index contributed by atoms with van der Waals surface area (Å²) in [5.41, 5.74) is 0.677. The molecule has 0 saturated carbocycles. The molecule has 0 aliphatic heterocycles. The number of halogens is 1. The molecule has 0 radical (unpaired) electrons. The van der Waals surface area contributed by atoms with Gasteiger partial charge in [-0.1, -0.05) is 19.1 Å². The Bertz CT molecular complexity index is 580. The molecular weight excluding hydrogens is 245 g/mol. The first-order valence-electron chi connectivity index (χ1n) is 6.14. The molecule has 1 aromatic heterocycles. The Hall–Kier alpha value is -2.17. The molecule has 0 fully saturated rings. The maximum absolute atomic E-state index is 13.3. The predicted molar refractivity (Wildman–Crippen MR) is 69.9 cm³/mol. The minimum absolute atomic E-state index is 0.0998. The number of amides is 1. The summed E-state index contributed by atoms with van der Waals surface area (Å²) in [5.74, 6) is 0.243. The summed E-state index contributed by atoms with van der Waals surface area (Å²) < 4.78 is 15.2. The van der Waals surface area contributed by atoms with Crippen LogP contribution in [-0.2, 0) is 11.8 Å². The maximum atomic E-state index is 13.3. The van der Waals surface area contributed by atoms with Crippen LogP contribution in [0.4, 0.5) is 4.39 Å². The van der Waals surface area contributed by atoms with Crippen LogP contribution in [-0.4, -0.2) is 15.5 Å². The molecule has 0 spiro atoms. The highest BCUT2D eigenvalue weighted by molar-refractivity contribution is 5.76. The zero-order chi connectivity index (χ0) is 13.8. The first-order chi connectivity index (χ1) is 9.11. The van der Waals surface area contributed by atoms with Crippen molar-refractivity contribution in [3.63, 3.8) is 0 Å². The van der Waals surface area contributed by atoms with Crippen LogP contribution < -0.4 is 5.32 Å². The van der Waals surface area contributed by atoms with E-state index in [2.05, 4.69) is 10.3 Å². The van der Waals surface area contributed by atoms with Crippen LogP contribution in [0.3, 0.4) is 0 Å². The molecule has 1 unspecified atom stereocenters. The van der Waals surface area contributed by atoms with E-state index in [0.29, 0.717) is 17.8 Å². The van der Waals surface area contributed by atoms with E-state index in [1.54, 1.807) is 31.5 Å². The van der Waals surface area contributed by atoms with Gasteiger partial charge < -0.3 is 9.88 Å². The van der Waals surface area contributed by atoms with E-state index in [4.69, 9.17) is 0 Å². The monoisotopic (exact) mass is 261 g/mol. The second-order valence-corrected chi connectivity index (χ2v) is 4.31. The third-order valence-corrected chi connectivity index (χ3v) is 2.93. The van der Waals surface area contributed by atoms with Gasteiger partial charge in [-0.2, -0.15) is 0 Å². The molecule has 1 N–H and O–H groups in total. The van der Waals surface area contributed by atoms with E-state index in [1.165, 1.54) is 12.1 Å². The van der Waals surface area contributed by atoms with E-state index < -0.39 is 6.04 Å².